The van der Waals surface area contributed by atoms with E-state index in [9.17, 15) is 5.11 Å². The van der Waals surface area contributed by atoms with Crippen LogP contribution in [0.4, 0.5) is 0 Å². The second-order valence-electron chi connectivity index (χ2n) is 4.52. The third-order valence-electron chi connectivity index (χ3n) is 3.17. The minimum absolute atomic E-state index is 0.303. The summed E-state index contributed by atoms with van der Waals surface area (Å²) in [6.07, 6.45) is 0.362. The molecule has 2 heterocycles. The zero-order chi connectivity index (χ0) is 12.5. The van der Waals surface area contributed by atoms with Gasteiger partial charge in [0.05, 0.1) is 17.9 Å². The van der Waals surface area contributed by atoms with Crippen molar-refractivity contribution in [1.29, 1.82) is 0 Å². The molecule has 1 N–H and O–H groups in total. The molecular weight excluding hydrogens is 228 g/mol. The van der Waals surface area contributed by atoms with Crippen LogP contribution >= 0.6 is 0 Å². The maximum Gasteiger partial charge on any atom is 0.128 e. The number of aryl methyl sites for hydroxylation is 1. The third-order valence-corrected chi connectivity index (χ3v) is 3.17. The number of para-hydroxylation sites is 1. The van der Waals surface area contributed by atoms with E-state index in [1.54, 1.807) is 0 Å². The molecule has 2 aromatic rings. The van der Waals surface area contributed by atoms with Gasteiger partial charge in [0.25, 0.3) is 0 Å². The Balaban J connectivity index is 2.17. The van der Waals surface area contributed by atoms with Crippen molar-refractivity contribution in [2.75, 3.05) is 6.61 Å². The number of ether oxygens (including phenoxy) is 1. The second-order valence-corrected chi connectivity index (χ2v) is 4.52. The van der Waals surface area contributed by atoms with Crippen LogP contribution in [0, 0.1) is 0 Å². The van der Waals surface area contributed by atoms with Gasteiger partial charge in [0.1, 0.15) is 18.5 Å². The Bertz CT molecular complexity index is 563. The summed E-state index contributed by atoms with van der Waals surface area (Å²) in [6, 6.07) is 9.95. The first-order valence-corrected chi connectivity index (χ1v) is 6.25. The van der Waals surface area contributed by atoms with E-state index < -0.39 is 6.10 Å². The Morgan fingerprint density at radius 3 is 3.11 bits per heavy atom. The van der Waals surface area contributed by atoms with E-state index in [4.69, 9.17) is 4.74 Å². The molecule has 0 radical (unpaired) electrons. The molecule has 0 aliphatic carbocycles. The summed E-state index contributed by atoms with van der Waals surface area (Å²) in [4.78, 5) is 0. The van der Waals surface area contributed by atoms with Gasteiger partial charge in [0.15, 0.2) is 0 Å². The molecule has 1 aliphatic rings. The molecule has 4 heteroatoms. The van der Waals surface area contributed by atoms with Crippen molar-refractivity contribution in [1.82, 2.24) is 9.78 Å². The number of rotatable bonds is 1. The molecule has 0 unspecified atom stereocenters. The quantitative estimate of drug-likeness (QED) is 0.833. The minimum Gasteiger partial charge on any atom is -0.490 e. The number of hydrogen-bond donors (Lipinski definition) is 1. The van der Waals surface area contributed by atoms with Gasteiger partial charge in [0.2, 0.25) is 0 Å². The van der Waals surface area contributed by atoms with E-state index in [2.05, 4.69) is 18.1 Å². The Morgan fingerprint density at radius 1 is 1.44 bits per heavy atom. The van der Waals surface area contributed by atoms with Crippen LogP contribution in [0.25, 0.3) is 11.3 Å². The summed E-state index contributed by atoms with van der Waals surface area (Å²) in [7, 11) is 0. The smallest absolute Gasteiger partial charge is 0.128 e. The predicted molar refractivity (Wildman–Crippen MR) is 68.5 cm³/mol. The lowest BCUT2D eigenvalue weighted by Crippen LogP contribution is -2.26. The zero-order valence-electron chi connectivity index (χ0n) is 10.3. The molecule has 1 aromatic carbocycles. The molecule has 0 spiro atoms. The normalized spacial score (nSPS) is 18.2. The summed E-state index contributed by atoms with van der Waals surface area (Å²) in [6.45, 7) is 2.86. The van der Waals surface area contributed by atoms with Gasteiger partial charge in [-0.3, -0.25) is 4.68 Å². The van der Waals surface area contributed by atoms with Gasteiger partial charge < -0.3 is 9.84 Å². The summed E-state index contributed by atoms with van der Waals surface area (Å²) in [5.41, 5.74) is 3.09. The average molecular weight is 244 g/mol. The van der Waals surface area contributed by atoms with E-state index in [0.29, 0.717) is 13.2 Å². The zero-order valence-corrected chi connectivity index (χ0v) is 10.3. The van der Waals surface area contributed by atoms with Crippen LogP contribution in [0.1, 0.15) is 12.6 Å². The van der Waals surface area contributed by atoms with Crippen LogP contribution in [0.15, 0.2) is 30.3 Å². The molecule has 3 rings (SSSR count). The molecule has 1 aliphatic heterocycles. The molecule has 0 amide bonds. The van der Waals surface area contributed by atoms with Crippen LogP contribution in [-0.2, 0) is 13.0 Å². The highest BCUT2D eigenvalue weighted by atomic mass is 16.5. The predicted octanol–water partition coefficient (Wildman–Crippen LogP) is 1.87. The Morgan fingerprint density at radius 2 is 2.28 bits per heavy atom. The molecule has 1 aromatic heterocycles. The Hall–Kier alpha value is -1.81. The van der Waals surface area contributed by atoms with Gasteiger partial charge in [-0.25, -0.2) is 0 Å². The van der Waals surface area contributed by atoms with Gasteiger partial charge in [-0.15, -0.1) is 0 Å². The van der Waals surface area contributed by atoms with Crippen molar-refractivity contribution in [2.24, 2.45) is 0 Å². The van der Waals surface area contributed by atoms with Gasteiger partial charge in [-0.1, -0.05) is 19.1 Å². The highest BCUT2D eigenvalue weighted by Gasteiger charge is 2.19. The maximum atomic E-state index is 9.88. The lowest BCUT2D eigenvalue weighted by atomic mass is 10.1. The third kappa shape index (κ3) is 1.88. The van der Waals surface area contributed by atoms with Gasteiger partial charge >= 0.3 is 0 Å². The van der Waals surface area contributed by atoms with Crippen molar-refractivity contribution in [3.05, 3.63) is 36.0 Å². The fourth-order valence-corrected chi connectivity index (χ4v) is 2.24. The number of nitrogens with zero attached hydrogens (tertiary/aromatic N) is 2. The largest absolute Gasteiger partial charge is 0.490 e. The van der Waals surface area contributed by atoms with Crippen molar-refractivity contribution in [2.45, 2.75) is 26.0 Å². The molecule has 18 heavy (non-hydrogen) atoms. The van der Waals surface area contributed by atoms with Gasteiger partial charge in [0, 0.05) is 5.56 Å². The summed E-state index contributed by atoms with van der Waals surface area (Å²) in [5.74, 6) is 0.806. The lowest BCUT2D eigenvalue weighted by molar-refractivity contribution is 0.0877. The molecule has 0 bridgehead atoms. The highest BCUT2D eigenvalue weighted by Crippen LogP contribution is 2.32. The van der Waals surface area contributed by atoms with Crippen molar-refractivity contribution >= 4 is 0 Å². The number of benzene rings is 1. The van der Waals surface area contributed by atoms with Crippen molar-refractivity contribution in [3.63, 3.8) is 0 Å². The molecule has 0 fully saturated rings. The van der Waals surface area contributed by atoms with Crippen molar-refractivity contribution in [3.8, 4) is 17.0 Å². The van der Waals surface area contributed by atoms with Crippen LogP contribution in [0.5, 0.6) is 5.75 Å². The summed E-state index contributed by atoms with van der Waals surface area (Å²) in [5, 5.41) is 14.4. The van der Waals surface area contributed by atoms with E-state index >= 15 is 0 Å². The number of fused-ring (bicyclic) bond motifs is 3. The molecule has 0 saturated carbocycles. The van der Waals surface area contributed by atoms with E-state index in [1.807, 2.05) is 28.9 Å². The molecule has 4 nitrogen and oxygen atoms in total. The fraction of sp³-hybridized carbons (Fsp3) is 0.357. The molecule has 94 valence electrons. The summed E-state index contributed by atoms with van der Waals surface area (Å²) < 4.78 is 7.53. The summed E-state index contributed by atoms with van der Waals surface area (Å²) >= 11 is 0. The SMILES string of the molecule is CCc1cc2n(n1)C[C@@H](O)COc1ccccc1-2. The van der Waals surface area contributed by atoms with Gasteiger partial charge in [-0.05, 0) is 24.6 Å². The van der Waals surface area contributed by atoms with E-state index in [-0.39, 0.29) is 0 Å². The standard InChI is InChI=1S/C14H16N2O2/c1-2-10-7-13-12-5-3-4-6-14(12)18-9-11(17)8-16(13)15-10/h3-7,11,17H,2,8-9H2,1H3/t11-/m1/s1. The van der Waals surface area contributed by atoms with Crippen LogP contribution in [0.3, 0.4) is 0 Å². The monoisotopic (exact) mass is 244 g/mol. The molecule has 1 atom stereocenters. The van der Waals surface area contributed by atoms with Crippen molar-refractivity contribution < 1.29 is 9.84 Å². The highest BCUT2D eigenvalue weighted by molar-refractivity contribution is 5.68. The number of hydrogen-bond acceptors (Lipinski definition) is 3. The number of aromatic nitrogens is 2. The van der Waals surface area contributed by atoms with Gasteiger partial charge in [-0.2, -0.15) is 5.10 Å². The van der Waals surface area contributed by atoms with Crippen LogP contribution in [0.2, 0.25) is 0 Å². The first kappa shape index (κ1) is 11.3. The van der Waals surface area contributed by atoms with Crippen LogP contribution in [-0.4, -0.2) is 27.6 Å². The van der Waals surface area contributed by atoms with Crippen LogP contribution < -0.4 is 4.74 Å². The maximum absolute atomic E-state index is 9.88. The fourth-order valence-electron chi connectivity index (χ4n) is 2.24. The number of aliphatic hydroxyl groups is 1. The van der Waals surface area contributed by atoms with E-state index in [0.717, 1.165) is 29.1 Å². The Kier molecular flexibility index (Phi) is 2.80. The first-order chi connectivity index (χ1) is 8.78. The lowest BCUT2D eigenvalue weighted by Gasteiger charge is -2.20. The Labute approximate surface area is 106 Å². The molecular formula is C14H16N2O2. The topological polar surface area (TPSA) is 47.3 Å². The van der Waals surface area contributed by atoms with E-state index in [1.165, 1.54) is 0 Å². The second kappa shape index (κ2) is 4.46. The minimum atomic E-state index is -0.526. The first-order valence-electron chi connectivity index (χ1n) is 6.25. The average Bonchev–Trinajstić information content (AvgIpc) is 2.77. The molecule has 0 saturated heterocycles. The number of aliphatic hydroxyl groups excluding tert-OH is 1.